The van der Waals surface area contributed by atoms with Crippen LogP contribution in [0.5, 0.6) is 5.75 Å². The molecule has 4 heteroatoms. The van der Waals surface area contributed by atoms with Crippen molar-refractivity contribution in [2.24, 2.45) is 0 Å². The molecule has 3 nitrogen and oxygen atoms in total. The summed E-state index contributed by atoms with van der Waals surface area (Å²) >= 11 is 0. The molecule has 1 unspecified atom stereocenters. The minimum atomic E-state index is -0.362. The number of benzene rings is 2. The third-order valence-corrected chi connectivity index (χ3v) is 3.56. The van der Waals surface area contributed by atoms with Crippen LogP contribution >= 0.6 is 0 Å². The third kappa shape index (κ3) is 3.80. The smallest absolute Gasteiger partial charge is 0.165 e. The first-order chi connectivity index (χ1) is 10.2. The van der Waals surface area contributed by atoms with Crippen molar-refractivity contribution >= 4 is 0 Å². The van der Waals surface area contributed by atoms with Gasteiger partial charge in [-0.25, -0.2) is 4.39 Å². The zero-order valence-corrected chi connectivity index (χ0v) is 12.3. The predicted molar refractivity (Wildman–Crippen MR) is 80.6 cm³/mol. The van der Waals surface area contributed by atoms with E-state index in [1.807, 2.05) is 37.3 Å². The van der Waals surface area contributed by atoms with E-state index in [4.69, 9.17) is 4.74 Å². The summed E-state index contributed by atoms with van der Waals surface area (Å²) in [5.74, 6) is -0.115. The van der Waals surface area contributed by atoms with Gasteiger partial charge in [-0.3, -0.25) is 0 Å². The van der Waals surface area contributed by atoms with Gasteiger partial charge in [-0.2, -0.15) is 0 Å². The number of hydrogen-bond acceptors (Lipinski definition) is 3. The number of halogens is 1. The maximum atomic E-state index is 13.7. The highest BCUT2D eigenvalue weighted by molar-refractivity contribution is 5.31. The number of methoxy groups -OCH3 is 1. The first-order valence-electron chi connectivity index (χ1n) is 6.90. The van der Waals surface area contributed by atoms with E-state index >= 15 is 0 Å². The summed E-state index contributed by atoms with van der Waals surface area (Å²) in [5.41, 5.74) is 2.80. The summed E-state index contributed by atoms with van der Waals surface area (Å²) in [6.07, 6.45) is 0. The third-order valence-electron chi connectivity index (χ3n) is 3.56. The summed E-state index contributed by atoms with van der Waals surface area (Å²) in [4.78, 5) is 0. The molecule has 112 valence electrons. The average Bonchev–Trinajstić information content (AvgIpc) is 2.52. The van der Waals surface area contributed by atoms with Crippen LogP contribution in [0.25, 0.3) is 0 Å². The highest BCUT2D eigenvalue weighted by atomic mass is 19.1. The van der Waals surface area contributed by atoms with Gasteiger partial charge in [0.05, 0.1) is 13.7 Å². The molecule has 0 heterocycles. The van der Waals surface area contributed by atoms with Crippen molar-refractivity contribution in [2.45, 2.75) is 26.1 Å². The van der Waals surface area contributed by atoms with E-state index < -0.39 is 0 Å². The second kappa shape index (κ2) is 7.20. The van der Waals surface area contributed by atoms with Crippen LogP contribution in [0.3, 0.4) is 0 Å². The highest BCUT2D eigenvalue weighted by Crippen LogP contribution is 2.22. The standard InChI is InChI=1S/C17H20FNO2/c1-12(13-7-8-17(21-2)16(18)9-13)19-10-14-5-3-4-6-15(14)11-20/h3-9,12,19-20H,10-11H2,1-2H3. The molecule has 2 aromatic carbocycles. The molecule has 0 radical (unpaired) electrons. The lowest BCUT2D eigenvalue weighted by Gasteiger charge is -2.16. The van der Waals surface area contributed by atoms with Crippen LogP contribution in [-0.4, -0.2) is 12.2 Å². The van der Waals surface area contributed by atoms with Gasteiger partial charge in [0.25, 0.3) is 0 Å². The van der Waals surface area contributed by atoms with Crippen molar-refractivity contribution in [3.63, 3.8) is 0 Å². The van der Waals surface area contributed by atoms with E-state index in [0.717, 1.165) is 16.7 Å². The SMILES string of the molecule is COc1ccc(C(C)NCc2ccccc2CO)cc1F. The lowest BCUT2D eigenvalue weighted by Crippen LogP contribution is -2.19. The molecule has 0 aliphatic carbocycles. The van der Waals surface area contributed by atoms with E-state index in [2.05, 4.69) is 5.32 Å². The van der Waals surface area contributed by atoms with Crippen LogP contribution in [0.1, 0.15) is 29.7 Å². The van der Waals surface area contributed by atoms with Crippen LogP contribution in [0.2, 0.25) is 0 Å². The topological polar surface area (TPSA) is 41.5 Å². The van der Waals surface area contributed by atoms with Crippen molar-refractivity contribution in [1.29, 1.82) is 0 Å². The second-order valence-electron chi connectivity index (χ2n) is 4.92. The molecule has 21 heavy (non-hydrogen) atoms. The normalized spacial score (nSPS) is 12.2. The Morgan fingerprint density at radius 2 is 1.90 bits per heavy atom. The summed E-state index contributed by atoms with van der Waals surface area (Å²) in [5, 5.41) is 12.6. The van der Waals surface area contributed by atoms with Crippen LogP contribution in [0.15, 0.2) is 42.5 Å². The van der Waals surface area contributed by atoms with E-state index in [1.165, 1.54) is 13.2 Å². The largest absolute Gasteiger partial charge is 0.494 e. The van der Waals surface area contributed by atoms with Crippen LogP contribution in [-0.2, 0) is 13.2 Å². The van der Waals surface area contributed by atoms with Crippen molar-refractivity contribution in [2.75, 3.05) is 7.11 Å². The summed E-state index contributed by atoms with van der Waals surface area (Å²) < 4.78 is 18.6. The Morgan fingerprint density at radius 1 is 1.19 bits per heavy atom. The predicted octanol–water partition coefficient (Wildman–Crippen LogP) is 3.18. The fourth-order valence-corrected chi connectivity index (χ4v) is 2.22. The van der Waals surface area contributed by atoms with E-state index in [9.17, 15) is 9.50 Å². The lowest BCUT2D eigenvalue weighted by molar-refractivity contribution is 0.280. The van der Waals surface area contributed by atoms with E-state index in [0.29, 0.717) is 6.54 Å². The Bertz CT molecular complexity index is 601. The molecule has 2 N–H and O–H groups in total. The number of rotatable bonds is 6. The number of aliphatic hydroxyl groups excluding tert-OH is 1. The van der Waals surface area contributed by atoms with Crippen molar-refractivity contribution in [1.82, 2.24) is 5.32 Å². The molecule has 0 fully saturated rings. The number of nitrogens with one attached hydrogen (secondary N) is 1. The molecular formula is C17H20FNO2. The monoisotopic (exact) mass is 289 g/mol. The Morgan fingerprint density at radius 3 is 2.52 bits per heavy atom. The average molecular weight is 289 g/mol. The second-order valence-corrected chi connectivity index (χ2v) is 4.92. The molecule has 0 bridgehead atoms. The van der Waals surface area contributed by atoms with Crippen molar-refractivity contribution in [3.05, 3.63) is 65.0 Å². The zero-order valence-electron chi connectivity index (χ0n) is 12.3. The first-order valence-corrected chi connectivity index (χ1v) is 6.90. The molecule has 0 spiro atoms. The Kier molecular flexibility index (Phi) is 5.31. The van der Waals surface area contributed by atoms with Crippen LogP contribution in [0, 0.1) is 5.82 Å². The van der Waals surface area contributed by atoms with Crippen LogP contribution < -0.4 is 10.1 Å². The summed E-state index contributed by atoms with van der Waals surface area (Å²) in [6.45, 7) is 2.61. The fraction of sp³-hybridized carbons (Fsp3) is 0.294. The maximum absolute atomic E-state index is 13.7. The molecule has 0 aromatic heterocycles. The maximum Gasteiger partial charge on any atom is 0.165 e. The Hall–Kier alpha value is -1.91. The minimum absolute atomic E-state index is 0.00263. The molecular weight excluding hydrogens is 269 g/mol. The van der Waals surface area contributed by atoms with Crippen molar-refractivity contribution in [3.8, 4) is 5.75 Å². The molecule has 0 saturated heterocycles. The van der Waals surface area contributed by atoms with Gasteiger partial charge in [-0.1, -0.05) is 30.3 Å². The molecule has 0 aliphatic rings. The molecule has 0 saturated carbocycles. The van der Waals surface area contributed by atoms with Gasteiger partial charge in [0.2, 0.25) is 0 Å². The van der Waals surface area contributed by atoms with Gasteiger partial charge in [0, 0.05) is 12.6 Å². The van der Waals surface area contributed by atoms with Gasteiger partial charge in [0.15, 0.2) is 11.6 Å². The Balaban J connectivity index is 2.04. The minimum Gasteiger partial charge on any atom is -0.494 e. The number of aliphatic hydroxyl groups is 1. The molecule has 0 amide bonds. The van der Waals surface area contributed by atoms with Gasteiger partial charge < -0.3 is 15.2 Å². The van der Waals surface area contributed by atoms with Crippen LogP contribution in [0.4, 0.5) is 4.39 Å². The summed E-state index contributed by atoms with van der Waals surface area (Å²) in [7, 11) is 1.45. The fourth-order valence-electron chi connectivity index (χ4n) is 2.22. The number of hydrogen-bond donors (Lipinski definition) is 2. The molecule has 0 aliphatic heterocycles. The zero-order chi connectivity index (χ0) is 15.2. The first kappa shape index (κ1) is 15.5. The van der Waals surface area contributed by atoms with Gasteiger partial charge in [-0.05, 0) is 35.7 Å². The molecule has 2 aromatic rings. The van der Waals surface area contributed by atoms with Gasteiger partial charge in [-0.15, -0.1) is 0 Å². The quantitative estimate of drug-likeness (QED) is 0.858. The lowest BCUT2D eigenvalue weighted by atomic mass is 10.1. The molecule has 2 rings (SSSR count). The summed E-state index contributed by atoms with van der Waals surface area (Å²) in [6, 6.07) is 12.7. The highest BCUT2D eigenvalue weighted by Gasteiger charge is 2.10. The van der Waals surface area contributed by atoms with Gasteiger partial charge >= 0.3 is 0 Å². The van der Waals surface area contributed by atoms with Crippen molar-refractivity contribution < 1.29 is 14.2 Å². The number of ether oxygens (including phenoxy) is 1. The van der Waals surface area contributed by atoms with Gasteiger partial charge in [0.1, 0.15) is 0 Å². The molecule has 1 atom stereocenters. The van der Waals surface area contributed by atoms with E-state index in [-0.39, 0.29) is 24.2 Å². The Labute approximate surface area is 124 Å². The van der Waals surface area contributed by atoms with E-state index in [1.54, 1.807) is 6.07 Å².